The Bertz CT molecular complexity index is 881. The number of imidazole rings is 1. The van der Waals surface area contributed by atoms with Crippen LogP contribution in [-0.2, 0) is 11.8 Å². The lowest BCUT2D eigenvalue weighted by molar-refractivity contribution is -0.121. The predicted molar refractivity (Wildman–Crippen MR) is 102 cm³/mol. The van der Waals surface area contributed by atoms with Crippen molar-refractivity contribution in [3.63, 3.8) is 0 Å². The van der Waals surface area contributed by atoms with Crippen LogP contribution in [-0.4, -0.2) is 51.1 Å². The molecule has 0 spiro atoms. The van der Waals surface area contributed by atoms with Gasteiger partial charge in [0.1, 0.15) is 5.70 Å². The van der Waals surface area contributed by atoms with E-state index in [0.717, 1.165) is 23.0 Å². The number of aliphatic imine (C=N–C) groups is 1. The van der Waals surface area contributed by atoms with Crippen molar-refractivity contribution >= 4 is 29.0 Å². The molecule has 2 aromatic rings. The van der Waals surface area contributed by atoms with Crippen LogP contribution >= 0.6 is 0 Å². The van der Waals surface area contributed by atoms with Crippen LogP contribution < -0.4 is 5.32 Å². The maximum absolute atomic E-state index is 12.5. The van der Waals surface area contributed by atoms with E-state index >= 15 is 0 Å². The maximum Gasteiger partial charge on any atom is 0.279 e. The Labute approximate surface area is 153 Å². The van der Waals surface area contributed by atoms with Gasteiger partial charge in [-0.2, -0.15) is 0 Å². The number of hydrogen-bond acceptors (Lipinski definition) is 5. The number of guanidine groups is 1. The minimum absolute atomic E-state index is 0.00453. The zero-order chi connectivity index (χ0) is 18.8. The number of hydrogen-bond donors (Lipinski definition) is 2. The van der Waals surface area contributed by atoms with Crippen LogP contribution in [0.3, 0.4) is 0 Å². The lowest BCUT2D eigenvalue weighted by atomic mass is 10.0. The van der Waals surface area contributed by atoms with E-state index < -0.39 is 0 Å². The summed E-state index contributed by atoms with van der Waals surface area (Å²) in [5.41, 5.74) is 3.18. The Kier molecular flexibility index (Phi) is 5.08. The van der Waals surface area contributed by atoms with Gasteiger partial charge in [0.05, 0.1) is 30.0 Å². The number of likely N-dealkylation sites (N-methyl/N-ethyl adjacent to an activating group) is 1. The molecular formula is C19H25N5O2. The Morgan fingerprint density at radius 2 is 2.08 bits per heavy atom. The summed E-state index contributed by atoms with van der Waals surface area (Å²) in [7, 11) is 3.62. The van der Waals surface area contributed by atoms with Crippen molar-refractivity contribution in [2.75, 3.05) is 13.7 Å². The van der Waals surface area contributed by atoms with E-state index in [9.17, 15) is 9.90 Å². The van der Waals surface area contributed by atoms with Gasteiger partial charge < -0.3 is 15.0 Å². The van der Waals surface area contributed by atoms with E-state index in [4.69, 9.17) is 0 Å². The number of aliphatic hydroxyl groups is 1. The van der Waals surface area contributed by atoms with E-state index in [1.165, 1.54) is 4.90 Å². The van der Waals surface area contributed by atoms with Crippen LogP contribution in [0.5, 0.6) is 0 Å². The Morgan fingerprint density at radius 1 is 1.31 bits per heavy atom. The number of fused-ring (bicyclic) bond motifs is 1. The highest BCUT2D eigenvalue weighted by atomic mass is 16.3. The molecule has 1 aliphatic heterocycles. The molecule has 0 radical (unpaired) electrons. The van der Waals surface area contributed by atoms with Gasteiger partial charge in [0.2, 0.25) is 5.96 Å². The SMILES string of the molecule is CC(C)CC(CO)NC1=N/C(=C\c2ccc3ncn(C)c3c2)C(=O)N1C. The summed E-state index contributed by atoms with van der Waals surface area (Å²) in [5.74, 6) is 0.740. The number of benzene rings is 1. The summed E-state index contributed by atoms with van der Waals surface area (Å²) in [6, 6.07) is 5.71. The summed E-state index contributed by atoms with van der Waals surface area (Å²) in [6.07, 6.45) is 4.34. The molecule has 0 saturated carbocycles. The monoisotopic (exact) mass is 355 g/mol. The topological polar surface area (TPSA) is 82.7 Å². The second kappa shape index (κ2) is 7.29. The molecule has 1 aromatic heterocycles. The van der Waals surface area contributed by atoms with E-state index in [2.05, 4.69) is 29.1 Å². The highest BCUT2D eigenvalue weighted by Crippen LogP contribution is 2.20. The molecule has 1 atom stereocenters. The average molecular weight is 355 g/mol. The maximum atomic E-state index is 12.5. The number of carbonyl (C=O) groups is 1. The second-order valence-corrected chi connectivity index (χ2v) is 7.09. The van der Waals surface area contributed by atoms with E-state index in [1.54, 1.807) is 19.5 Å². The minimum atomic E-state index is -0.168. The molecule has 0 aliphatic carbocycles. The van der Waals surface area contributed by atoms with Crippen molar-refractivity contribution < 1.29 is 9.90 Å². The van der Waals surface area contributed by atoms with Gasteiger partial charge in [0, 0.05) is 14.1 Å². The highest BCUT2D eigenvalue weighted by molar-refractivity contribution is 6.13. The molecule has 1 aromatic carbocycles. The van der Waals surface area contributed by atoms with Gasteiger partial charge in [0.25, 0.3) is 5.91 Å². The first-order valence-electron chi connectivity index (χ1n) is 8.76. The van der Waals surface area contributed by atoms with Crippen molar-refractivity contribution in [2.45, 2.75) is 26.3 Å². The summed E-state index contributed by atoms with van der Waals surface area (Å²) >= 11 is 0. The molecule has 7 heteroatoms. The molecule has 26 heavy (non-hydrogen) atoms. The van der Waals surface area contributed by atoms with Gasteiger partial charge in [-0.25, -0.2) is 9.98 Å². The van der Waals surface area contributed by atoms with E-state index in [1.807, 2.05) is 29.8 Å². The lowest BCUT2D eigenvalue weighted by Crippen LogP contribution is -2.45. The predicted octanol–water partition coefficient (Wildman–Crippen LogP) is 1.74. The summed E-state index contributed by atoms with van der Waals surface area (Å²) < 4.78 is 1.94. The van der Waals surface area contributed by atoms with Crippen molar-refractivity contribution in [3.05, 3.63) is 35.8 Å². The number of carbonyl (C=O) groups excluding carboxylic acids is 1. The third kappa shape index (κ3) is 3.62. The van der Waals surface area contributed by atoms with Gasteiger partial charge in [-0.15, -0.1) is 0 Å². The molecular weight excluding hydrogens is 330 g/mol. The second-order valence-electron chi connectivity index (χ2n) is 7.09. The molecule has 1 unspecified atom stereocenters. The van der Waals surface area contributed by atoms with Gasteiger partial charge in [0.15, 0.2) is 0 Å². The zero-order valence-corrected chi connectivity index (χ0v) is 15.6. The van der Waals surface area contributed by atoms with Crippen LogP contribution in [0.25, 0.3) is 17.1 Å². The number of aromatic nitrogens is 2. The van der Waals surface area contributed by atoms with Crippen molar-refractivity contribution in [1.29, 1.82) is 0 Å². The van der Waals surface area contributed by atoms with Gasteiger partial charge >= 0.3 is 0 Å². The molecule has 7 nitrogen and oxygen atoms in total. The average Bonchev–Trinajstić information content (AvgIpc) is 3.09. The number of aryl methyl sites for hydroxylation is 1. The number of aliphatic hydroxyl groups excluding tert-OH is 1. The first kappa shape index (κ1) is 18.1. The Morgan fingerprint density at radius 3 is 2.77 bits per heavy atom. The fourth-order valence-electron chi connectivity index (χ4n) is 3.05. The molecule has 138 valence electrons. The fraction of sp³-hybridized carbons (Fsp3) is 0.421. The first-order chi connectivity index (χ1) is 12.4. The van der Waals surface area contributed by atoms with E-state index in [0.29, 0.717) is 17.6 Å². The van der Waals surface area contributed by atoms with Crippen LogP contribution in [0.2, 0.25) is 0 Å². The number of nitrogens with one attached hydrogen (secondary N) is 1. The summed E-state index contributed by atoms with van der Waals surface area (Å²) in [4.78, 5) is 22.7. The quantitative estimate of drug-likeness (QED) is 0.801. The smallest absolute Gasteiger partial charge is 0.279 e. The number of nitrogens with zero attached hydrogens (tertiary/aromatic N) is 4. The Balaban J connectivity index is 1.86. The van der Waals surface area contributed by atoms with Crippen molar-refractivity contribution in [1.82, 2.24) is 19.8 Å². The molecule has 1 amide bonds. The molecule has 1 aliphatic rings. The third-order valence-corrected chi connectivity index (χ3v) is 4.43. The lowest BCUT2D eigenvalue weighted by Gasteiger charge is -2.21. The van der Waals surface area contributed by atoms with Gasteiger partial charge in [-0.3, -0.25) is 9.69 Å². The van der Waals surface area contributed by atoms with Crippen LogP contribution in [0.15, 0.2) is 35.2 Å². The minimum Gasteiger partial charge on any atom is -0.394 e. The fourth-order valence-corrected chi connectivity index (χ4v) is 3.05. The van der Waals surface area contributed by atoms with Gasteiger partial charge in [-0.1, -0.05) is 19.9 Å². The normalized spacial score (nSPS) is 17.5. The summed E-state index contributed by atoms with van der Waals surface area (Å²) in [6.45, 7) is 4.18. The zero-order valence-electron chi connectivity index (χ0n) is 15.6. The van der Waals surface area contributed by atoms with E-state index in [-0.39, 0.29) is 18.6 Å². The van der Waals surface area contributed by atoms with Crippen LogP contribution in [0.1, 0.15) is 25.8 Å². The molecule has 3 rings (SSSR count). The Hall–Kier alpha value is -2.67. The van der Waals surface area contributed by atoms with Crippen LogP contribution in [0.4, 0.5) is 0 Å². The number of rotatable bonds is 5. The van der Waals surface area contributed by atoms with Crippen molar-refractivity contribution in [2.24, 2.45) is 18.0 Å². The summed E-state index contributed by atoms with van der Waals surface area (Å²) in [5, 5.41) is 12.7. The van der Waals surface area contributed by atoms with Gasteiger partial charge in [-0.05, 0) is 36.1 Å². The van der Waals surface area contributed by atoms with Crippen LogP contribution in [0, 0.1) is 5.92 Å². The third-order valence-electron chi connectivity index (χ3n) is 4.43. The molecule has 2 N–H and O–H groups in total. The molecule has 2 heterocycles. The molecule has 0 bridgehead atoms. The van der Waals surface area contributed by atoms with Crippen molar-refractivity contribution in [3.8, 4) is 0 Å². The molecule has 0 fully saturated rings. The number of amides is 1. The first-order valence-corrected chi connectivity index (χ1v) is 8.76. The largest absolute Gasteiger partial charge is 0.394 e. The highest BCUT2D eigenvalue weighted by Gasteiger charge is 2.28. The molecule has 0 saturated heterocycles. The standard InChI is InChI=1S/C19H25N5O2/c1-12(2)7-14(10-25)21-19-22-16(18(26)24(19)4)8-13-5-6-15-17(9-13)23(3)11-20-15/h5-6,8-9,11-12,14,25H,7,10H2,1-4H3,(H,21,22)/b16-8-.